The van der Waals surface area contributed by atoms with Crippen LogP contribution in [0.5, 0.6) is 0 Å². The summed E-state index contributed by atoms with van der Waals surface area (Å²) in [6, 6.07) is 3.77. The molecule has 1 aliphatic rings. The topological polar surface area (TPSA) is 50.9 Å². The Hall–Kier alpha value is -1.16. The average Bonchev–Trinajstić information content (AvgIpc) is 2.72. The number of pyridine rings is 1. The molecule has 3 N–H and O–H groups in total. The summed E-state index contributed by atoms with van der Waals surface area (Å²) in [6.45, 7) is 3.29. The van der Waals surface area contributed by atoms with Gasteiger partial charge in [-0.1, -0.05) is 32.0 Å². The number of thiocarbonyl (C=S) groups is 1. The number of nitrogens with two attached hydrogens (primary N) is 1. The molecule has 2 unspecified atom stereocenters. The Morgan fingerprint density at radius 2 is 2.41 bits per heavy atom. The Bertz CT molecular complexity index is 405. The van der Waals surface area contributed by atoms with Crippen molar-refractivity contribution in [3.63, 3.8) is 0 Å². The van der Waals surface area contributed by atoms with Gasteiger partial charge in [-0.3, -0.25) is 0 Å². The molecule has 4 heteroatoms. The van der Waals surface area contributed by atoms with Crippen molar-refractivity contribution >= 4 is 23.0 Å². The molecule has 2 rings (SSSR count). The molecule has 0 aliphatic heterocycles. The molecule has 1 fully saturated rings. The molecule has 1 saturated carbocycles. The number of hydrogen-bond acceptors (Lipinski definition) is 3. The van der Waals surface area contributed by atoms with Crippen LogP contribution in [0, 0.1) is 11.8 Å². The first-order valence-corrected chi connectivity index (χ1v) is 6.58. The highest BCUT2D eigenvalue weighted by molar-refractivity contribution is 7.80. The van der Waals surface area contributed by atoms with Crippen molar-refractivity contribution in [2.24, 2.45) is 17.6 Å². The normalized spacial score (nSPS) is 23.6. The highest BCUT2D eigenvalue weighted by atomic mass is 32.1. The molecular weight excluding hydrogens is 230 g/mol. The van der Waals surface area contributed by atoms with Crippen LogP contribution in [0.2, 0.25) is 0 Å². The largest absolute Gasteiger partial charge is 0.389 e. The lowest BCUT2D eigenvalue weighted by atomic mass is 9.98. The van der Waals surface area contributed by atoms with Gasteiger partial charge < -0.3 is 11.1 Å². The standard InChI is InChI=1S/C13H19N3S/c1-9-4-2-5-10(9)8-16-13-11(12(14)17)6-3-7-15-13/h3,6-7,9-10H,2,4-5,8H2,1H3,(H2,14,17)(H,15,16). The van der Waals surface area contributed by atoms with Crippen molar-refractivity contribution in [3.05, 3.63) is 23.9 Å². The predicted molar refractivity (Wildman–Crippen MR) is 75.1 cm³/mol. The molecule has 1 aliphatic carbocycles. The van der Waals surface area contributed by atoms with Crippen molar-refractivity contribution in [1.82, 2.24) is 4.98 Å². The second-order valence-corrected chi connectivity index (χ2v) is 5.25. The molecule has 2 atom stereocenters. The van der Waals surface area contributed by atoms with E-state index in [1.165, 1.54) is 19.3 Å². The van der Waals surface area contributed by atoms with Gasteiger partial charge in [0, 0.05) is 12.7 Å². The zero-order chi connectivity index (χ0) is 12.3. The highest BCUT2D eigenvalue weighted by Gasteiger charge is 2.23. The number of aromatic nitrogens is 1. The van der Waals surface area contributed by atoms with E-state index in [1.807, 2.05) is 12.1 Å². The van der Waals surface area contributed by atoms with Crippen LogP contribution in [0.15, 0.2) is 18.3 Å². The van der Waals surface area contributed by atoms with E-state index in [-0.39, 0.29) is 0 Å². The first kappa shape index (κ1) is 12.3. The number of anilines is 1. The second-order valence-electron chi connectivity index (χ2n) is 4.81. The number of nitrogens with one attached hydrogen (secondary N) is 1. The van der Waals surface area contributed by atoms with Gasteiger partial charge in [0.15, 0.2) is 0 Å². The van der Waals surface area contributed by atoms with Gasteiger partial charge in [0.1, 0.15) is 10.8 Å². The molecule has 1 heterocycles. The maximum absolute atomic E-state index is 5.68. The fourth-order valence-electron chi connectivity index (χ4n) is 2.50. The second kappa shape index (κ2) is 5.45. The van der Waals surface area contributed by atoms with E-state index in [0.29, 0.717) is 4.99 Å². The van der Waals surface area contributed by atoms with Gasteiger partial charge in [0.2, 0.25) is 0 Å². The van der Waals surface area contributed by atoms with Gasteiger partial charge in [0.05, 0.1) is 5.56 Å². The van der Waals surface area contributed by atoms with Gasteiger partial charge >= 0.3 is 0 Å². The zero-order valence-corrected chi connectivity index (χ0v) is 11.0. The molecule has 1 aromatic heterocycles. The minimum Gasteiger partial charge on any atom is -0.389 e. The van der Waals surface area contributed by atoms with Crippen LogP contribution in [-0.4, -0.2) is 16.5 Å². The summed E-state index contributed by atoms with van der Waals surface area (Å²) in [5.41, 5.74) is 6.52. The molecule has 92 valence electrons. The van der Waals surface area contributed by atoms with E-state index < -0.39 is 0 Å². The Labute approximate surface area is 108 Å². The Morgan fingerprint density at radius 1 is 1.59 bits per heavy atom. The van der Waals surface area contributed by atoms with E-state index in [1.54, 1.807) is 6.20 Å². The molecule has 3 nitrogen and oxygen atoms in total. The molecule has 17 heavy (non-hydrogen) atoms. The van der Waals surface area contributed by atoms with Crippen LogP contribution in [-0.2, 0) is 0 Å². The van der Waals surface area contributed by atoms with Gasteiger partial charge in [-0.2, -0.15) is 0 Å². The fraction of sp³-hybridized carbons (Fsp3) is 0.538. The van der Waals surface area contributed by atoms with Crippen molar-refractivity contribution in [1.29, 1.82) is 0 Å². The van der Waals surface area contributed by atoms with Crippen LogP contribution in [0.4, 0.5) is 5.82 Å². The summed E-state index contributed by atoms with van der Waals surface area (Å²) < 4.78 is 0. The maximum atomic E-state index is 5.68. The summed E-state index contributed by atoms with van der Waals surface area (Å²) in [5, 5.41) is 3.39. The van der Waals surface area contributed by atoms with E-state index in [0.717, 1.165) is 29.8 Å². The third-order valence-electron chi connectivity index (χ3n) is 3.64. The fourth-order valence-corrected chi connectivity index (χ4v) is 2.66. The van der Waals surface area contributed by atoms with Crippen molar-refractivity contribution in [3.8, 4) is 0 Å². The quantitative estimate of drug-likeness (QED) is 0.805. The van der Waals surface area contributed by atoms with Gasteiger partial charge in [-0.25, -0.2) is 4.98 Å². The van der Waals surface area contributed by atoms with E-state index in [2.05, 4.69) is 17.2 Å². The maximum Gasteiger partial charge on any atom is 0.136 e. The Kier molecular flexibility index (Phi) is 3.94. The monoisotopic (exact) mass is 249 g/mol. The average molecular weight is 249 g/mol. The van der Waals surface area contributed by atoms with Crippen LogP contribution in [0.1, 0.15) is 31.7 Å². The summed E-state index contributed by atoms with van der Waals surface area (Å²) in [5.74, 6) is 2.37. The molecule has 0 amide bonds. The lowest BCUT2D eigenvalue weighted by Gasteiger charge is -2.17. The predicted octanol–water partition coefficient (Wildman–Crippen LogP) is 2.56. The van der Waals surface area contributed by atoms with Gasteiger partial charge in [-0.05, 0) is 30.4 Å². The SMILES string of the molecule is CC1CCCC1CNc1ncccc1C(N)=S. The van der Waals surface area contributed by atoms with E-state index in [4.69, 9.17) is 18.0 Å². The highest BCUT2D eigenvalue weighted by Crippen LogP contribution is 2.31. The van der Waals surface area contributed by atoms with E-state index in [9.17, 15) is 0 Å². The summed E-state index contributed by atoms with van der Waals surface area (Å²) in [6.07, 6.45) is 5.76. The lowest BCUT2D eigenvalue weighted by molar-refractivity contribution is 0.439. The molecule has 0 radical (unpaired) electrons. The Balaban J connectivity index is 2.01. The van der Waals surface area contributed by atoms with Gasteiger partial charge in [0.25, 0.3) is 0 Å². The van der Waals surface area contributed by atoms with Crippen LogP contribution >= 0.6 is 12.2 Å². The summed E-state index contributed by atoms with van der Waals surface area (Å²) >= 11 is 5.02. The molecular formula is C13H19N3S. The van der Waals surface area contributed by atoms with Crippen LogP contribution in [0.25, 0.3) is 0 Å². The molecule has 0 spiro atoms. The summed E-state index contributed by atoms with van der Waals surface area (Å²) in [7, 11) is 0. The van der Waals surface area contributed by atoms with Crippen LogP contribution in [0.3, 0.4) is 0 Å². The zero-order valence-electron chi connectivity index (χ0n) is 10.1. The molecule has 0 aromatic carbocycles. The first-order valence-electron chi connectivity index (χ1n) is 6.17. The first-order chi connectivity index (χ1) is 8.18. The van der Waals surface area contributed by atoms with Crippen molar-refractivity contribution < 1.29 is 0 Å². The van der Waals surface area contributed by atoms with Crippen molar-refractivity contribution in [2.75, 3.05) is 11.9 Å². The lowest BCUT2D eigenvalue weighted by Crippen LogP contribution is -2.20. The molecule has 1 aromatic rings. The molecule has 0 saturated heterocycles. The Morgan fingerprint density at radius 3 is 3.06 bits per heavy atom. The molecule has 0 bridgehead atoms. The number of rotatable bonds is 4. The van der Waals surface area contributed by atoms with Gasteiger partial charge in [-0.15, -0.1) is 0 Å². The van der Waals surface area contributed by atoms with Crippen LogP contribution < -0.4 is 11.1 Å². The third kappa shape index (κ3) is 2.94. The van der Waals surface area contributed by atoms with Crippen molar-refractivity contribution in [2.45, 2.75) is 26.2 Å². The smallest absolute Gasteiger partial charge is 0.136 e. The summed E-state index contributed by atoms with van der Waals surface area (Å²) in [4.78, 5) is 4.71. The minimum absolute atomic E-state index is 0.403. The van der Waals surface area contributed by atoms with E-state index >= 15 is 0 Å². The number of nitrogens with zero attached hydrogens (tertiary/aromatic N) is 1. The number of hydrogen-bond donors (Lipinski definition) is 2. The minimum atomic E-state index is 0.403. The third-order valence-corrected chi connectivity index (χ3v) is 3.86.